The van der Waals surface area contributed by atoms with Crippen molar-refractivity contribution in [2.24, 2.45) is 5.73 Å². The number of carbonyl (C=O) groups excluding carboxylic acids is 1. The number of rotatable bonds is 6. The Kier molecular flexibility index (Phi) is 6.10. The highest BCUT2D eigenvalue weighted by Gasteiger charge is 2.26. The van der Waals surface area contributed by atoms with Crippen LogP contribution in [0.25, 0.3) is 0 Å². The Bertz CT molecular complexity index is 966. The monoisotopic (exact) mass is 422 g/mol. The standard InChI is InChI=1S/C25H34N4O2/c1-5-29(20-8-10-31-11-9-20)24-14-22(13-23(17(24)2)25(26)30)28-15-18-6-7-21(27(3)4)12-19(18)16-28/h6-7,12-14,20H,5,8-11,15-16H2,1-4H3,(H2,26,30). The highest BCUT2D eigenvalue weighted by molar-refractivity contribution is 5.97. The zero-order valence-corrected chi connectivity index (χ0v) is 19.1. The second kappa shape index (κ2) is 8.79. The van der Waals surface area contributed by atoms with Crippen LogP contribution in [0.15, 0.2) is 30.3 Å². The molecule has 31 heavy (non-hydrogen) atoms. The summed E-state index contributed by atoms with van der Waals surface area (Å²) in [4.78, 5) is 19.2. The van der Waals surface area contributed by atoms with Gasteiger partial charge in [0.05, 0.1) is 0 Å². The van der Waals surface area contributed by atoms with Crippen LogP contribution in [-0.4, -0.2) is 45.8 Å². The first kappa shape index (κ1) is 21.5. The molecule has 0 aromatic heterocycles. The zero-order chi connectivity index (χ0) is 22.1. The molecule has 0 bridgehead atoms. The lowest BCUT2D eigenvalue weighted by atomic mass is 10.00. The van der Waals surface area contributed by atoms with Crippen molar-refractivity contribution < 1.29 is 9.53 Å². The van der Waals surface area contributed by atoms with Crippen molar-refractivity contribution in [1.29, 1.82) is 0 Å². The highest BCUT2D eigenvalue weighted by atomic mass is 16.5. The molecule has 166 valence electrons. The van der Waals surface area contributed by atoms with Crippen molar-refractivity contribution in [3.8, 4) is 0 Å². The Morgan fingerprint density at radius 1 is 1.13 bits per heavy atom. The van der Waals surface area contributed by atoms with Crippen LogP contribution in [0.3, 0.4) is 0 Å². The van der Waals surface area contributed by atoms with Crippen molar-refractivity contribution in [2.45, 2.75) is 45.8 Å². The van der Waals surface area contributed by atoms with Gasteiger partial charge in [-0.3, -0.25) is 4.79 Å². The number of hydrogen-bond donors (Lipinski definition) is 1. The van der Waals surface area contributed by atoms with Gasteiger partial charge in [-0.05, 0) is 67.6 Å². The summed E-state index contributed by atoms with van der Waals surface area (Å²) in [6, 6.07) is 11.3. The molecule has 0 spiro atoms. The van der Waals surface area contributed by atoms with E-state index in [1.165, 1.54) is 16.8 Å². The van der Waals surface area contributed by atoms with E-state index in [1.54, 1.807) is 0 Å². The van der Waals surface area contributed by atoms with Gasteiger partial charge in [0.15, 0.2) is 0 Å². The smallest absolute Gasteiger partial charge is 0.249 e. The van der Waals surface area contributed by atoms with Crippen LogP contribution >= 0.6 is 0 Å². The first-order chi connectivity index (χ1) is 14.9. The number of nitrogens with two attached hydrogens (primary N) is 1. The zero-order valence-electron chi connectivity index (χ0n) is 19.1. The predicted octanol–water partition coefficient (Wildman–Crippen LogP) is 3.69. The van der Waals surface area contributed by atoms with Crippen LogP contribution in [-0.2, 0) is 17.8 Å². The Hall–Kier alpha value is -2.73. The van der Waals surface area contributed by atoms with Gasteiger partial charge in [0.1, 0.15) is 0 Å². The van der Waals surface area contributed by atoms with Gasteiger partial charge in [-0.15, -0.1) is 0 Å². The maximum Gasteiger partial charge on any atom is 0.249 e. The molecule has 0 radical (unpaired) electrons. The first-order valence-corrected chi connectivity index (χ1v) is 11.2. The summed E-state index contributed by atoms with van der Waals surface area (Å²) in [7, 11) is 4.13. The minimum Gasteiger partial charge on any atom is -0.381 e. The van der Waals surface area contributed by atoms with Crippen LogP contribution in [0.1, 0.15) is 46.8 Å². The summed E-state index contributed by atoms with van der Waals surface area (Å²) in [6.07, 6.45) is 2.01. The van der Waals surface area contributed by atoms with E-state index in [9.17, 15) is 4.79 Å². The fourth-order valence-corrected chi connectivity index (χ4v) is 4.88. The fourth-order valence-electron chi connectivity index (χ4n) is 4.88. The Labute approximate surface area is 185 Å². The predicted molar refractivity (Wildman–Crippen MR) is 127 cm³/mol. The van der Waals surface area contributed by atoms with E-state index >= 15 is 0 Å². The molecule has 2 aliphatic heterocycles. The molecule has 0 saturated carbocycles. The first-order valence-electron chi connectivity index (χ1n) is 11.2. The lowest BCUT2D eigenvalue weighted by Crippen LogP contribution is -2.40. The number of fused-ring (bicyclic) bond motifs is 1. The second-order valence-corrected chi connectivity index (χ2v) is 8.83. The molecule has 6 nitrogen and oxygen atoms in total. The Morgan fingerprint density at radius 3 is 2.48 bits per heavy atom. The van der Waals surface area contributed by atoms with E-state index in [4.69, 9.17) is 10.5 Å². The molecule has 2 aromatic rings. The molecule has 2 aromatic carbocycles. The summed E-state index contributed by atoms with van der Waals surface area (Å²) in [5, 5.41) is 0. The maximum atomic E-state index is 12.3. The van der Waals surface area contributed by atoms with Gasteiger partial charge < -0.3 is 25.2 Å². The van der Waals surface area contributed by atoms with Crippen molar-refractivity contribution in [1.82, 2.24) is 0 Å². The topological polar surface area (TPSA) is 62.0 Å². The highest BCUT2D eigenvalue weighted by Crippen LogP contribution is 2.36. The Morgan fingerprint density at radius 2 is 1.84 bits per heavy atom. The molecule has 0 atom stereocenters. The van der Waals surface area contributed by atoms with Gasteiger partial charge in [-0.25, -0.2) is 0 Å². The Balaban J connectivity index is 1.70. The third-order valence-corrected chi connectivity index (χ3v) is 6.71. The number of nitrogens with zero attached hydrogens (tertiary/aromatic N) is 3. The normalized spacial score (nSPS) is 16.3. The van der Waals surface area contributed by atoms with Gasteiger partial charge in [0.25, 0.3) is 0 Å². The minimum absolute atomic E-state index is 0.366. The third kappa shape index (κ3) is 4.22. The van der Waals surface area contributed by atoms with Gasteiger partial charge in [0.2, 0.25) is 5.91 Å². The molecule has 2 N–H and O–H groups in total. The van der Waals surface area contributed by atoms with Crippen LogP contribution in [0, 0.1) is 6.92 Å². The summed E-state index contributed by atoms with van der Waals surface area (Å²) in [6.45, 7) is 8.34. The number of primary amides is 1. The van der Waals surface area contributed by atoms with Gasteiger partial charge in [-0.1, -0.05) is 6.07 Å². The van der Waals surface area contributed by atoms with Crippen LogP contribution in [0.5, 0.6) is 0 Å². The molecule has 2 aliphatic rings. The quantitative estimate of drug-likeness (QED) is 0.769. The van der Waals surface area contributed by atoms with Gasteiger partial charge in [0, 0.05) is 75.6 Å². The van der Waals surface area contributed by atoms with E-state index < -0.39 is 0 Å². The molecule has 0 unspecified atom stereocenters. The van der Waals surface area contributed by atoms with E-state index in [0.717, 1.165) is 62.6 Å². The molecule has 6 heteroatoms. The maximum absolute atomic E-state index is 12.3. The number of benzene rings is 2. The number of carbonyl (C=O) groups is 1. The van der Waals surface area contributed by atoms with Crippen LogP contribution in [0.4, 0.5) is 17.1 Å². The molecule has 2 heterocycles. The van der Waals surface area contributed by atoms with Crippen molar-refractivity contribution >= 4 is 23.0 Å². The average Bonchev–Trinajstić information content (AvgIpc) is 3.19. The molecular weight excluding hydrogens is 388 g/mol. The fraction of sp³-hybridized carbons (Fsp3) is 0.480. The summed E-state index contributed by atoms with van der Waals surface area (Å²) < 4.78 is 5.58. The lowest BCUT2D eigenvalue weighted by molar-refractivity contribution is 0.0846. The molecule has 0 aliphatic carbocycles. The number of amides is 1. The third-order valence-electron chi connectivity index (χ3n) is 6.71. The molecule has 1 fully saturated rings. The molecule has 1 saturated heterocycles. The van der Waals surface area contributed by atoms with Gasteiger partial charge in [-0.2, -0.15) is 0 Å². The van der Waals surface area contributed by atoms with Crippen molar-refractivity contribution in [2.75, 3.05) is 48.6 Å². The largest absolute Gasteiger partial charge is 0.381 e. The average molecular weight is 423 g/mol. The number of anilines is 3. The van der Waals surface area contributed by atoms with Crippen LogP contribution < -0.4 is 20.4 Å². The van der Waals surface area contributed by atoms with Gasteiger partial charge >= 0.3 is 0 Å². The van der Waals surface area contributed by atoms with E-state index in [1.807, 2.05) is 13.0 Å². The van der Waals surface area contributed by atoms with Crippen molar-refractivity contribution in [3.63, 3.8) is 0 Å². The minimum atomic E-state index is -0.366. The molecular formula is C25H34N4O2. The summed E-state index contributed by atoms with van der Waals surface area (Å²) in [5.41, 5.74) is 13.4. The van der Waals surface area contributed by atoms with Crippen molar-refractivity contribution in [3.05, 3.63) is 52.6 Å². The lowest BCUT2D eigenvalue weighted by Gasteiger charge is -2.37. The van der Waals surface area contributed by atoms with E-state index in [-0.39, 0.29) is 5.91 Å². The van der Waals surface area contributed by atoms with E-state index in [2.05, 4.69) is 60.0 Å². The summed E-state index contributed by atoms with van der Waals surface area (Å²) >= 11 is 0. The number of ether oxygens (including phenoxy) is 1. The SMILES string of the molecule is CCN(c1cc(N2Cc3ccc(N(C)C)cc3C2)cc(C(N)=O)c1C)C1CCOCC1. The summed E-state index contributed by atoms with van der Waals surface area (Å²) in [5.74, 6) is -0.366. The molecule has 1 amide bonds. The number of hydrogen-bond acceptors (Lipinski definition) is 5. The second-order valence-electron chi connectivity index (χ2n) is 8.83. The molecule has 4 rings (SSSR count). The van der Waals surface area contributed by atoms with E-state index in [0.29, 0.717) is 11.6 Å². The van der Waals surface area contributed by atoms with Crippen LogP contribution in [0.2, 0.25) is 0 Å².